The number of nitrogens with one attached hydrogen (secondary N) is 1. The molecule has 0 bridgehead atoms. The first-order valence-corrected chi connectivity index (χ1v) is 6.47. The SMILES string of the molecule is CS(=O)(=O)Nc1cccc(OC/C(N)=N/O)c1. The molecule has 0 fully saturated rings. The van der Waals surface area contributed by atoms with Gasteiger partial charge < -0.3 is 15.7 Å². The zero-order chi connectivity index (χ0) is 12.9. The number of anilines is 1. The maximum atomic E-state index is 11.0. The lowest BCUT2D eigenvalue weighted by Gasteiger charge is -2.07. The fourth-order valence-corrected chi connectivity index (χ4v) is 1.60. The topological polar surface area (TPSA) is 114 Å². The summed E-state index contributed by atoms with van der Waals surface area (Å²) in [5.41, 5.74) is 5.60. The van der Waals surface area contributed by atoms with Gasteiger partial charge in [0, 0.05) is 6.07 Å². The molecule has 1 aromatic rings. The van der Waals surface area contributed by atoms with E-state index in [9.17, 15) is 8.42 Å². The Morgan fingerprint density at radius 3 is 2.88 bits per heavy atom. The highest BCUT2D eigenvalue weighted by Crippen LogP contribution is 2.17. The third-order valence-electron chi connectivity index (χ3n) is 1.65. The summed E-state index contributed by atoms with van der Waals surface area (Å²) in [6.07, 6.45) is 1.05. The Kier molecular flexibility index (Phi) is 4.16. The van der Waals surface area contributed by atoms with Crippen molar-refractivity contribution in [1.82, 2.24) is 0 Å². The van der Waals surface area contributed by atoms with E-state index in [1.54, 1.807) is 18.2 Å². The highest BCUT2D eigenvalue weighted by molar-refractivity contribution is 7.92. The van der Waals surface area contributed by atoms with Crippen molar-refractivity contribution >= 4 is 21.5 Å². The highest BCUT2D eigenvalue weighted by atomic mass is 32.2. The molecule has 0 atom stereocenters. The van der Waals surface area contributed by atoms with Crippen molar-refractivity contribution < 1.29 is 18.4 Å². The average molecular weight is 259 g/mol. The fourth-order valence-electron chi connectivity index (χ4n) is 1.05. The first kappa shape index (κ1) is 13.1. The molecule has 0 unspecified atom stereocenters. The van der Waals surface area contributed by atoms with Gasteiger partial charge in [0.2, 0.25) is 10.0 Å². The zero-order valence-corrected chi connectivity index (χ0v) is 9.94. The molecule has 0 aliphatic carbocycles. The van der Waals surface area contributed by atoms with E-state index in [2.05, 4.69) is 9.88 Å². The largest absolute Gasteiger partial charge is 0.485 e. The maximum absolute atomic E-state index is 11.0. The van der Waals surface area contributed by atoms with Crippen LogP contribution in [0.15, 0.2) is 29.4 Å². The summed E-state index contributed by atoms with van der Waals surface area (Å²) in [7, 11) is -3.32. The fraction of sp³-hybridized carbons (Fsp3) is 0.222. The number of nitrogens with two attached hydrogens (primary N) is 1. The number of nitrogens with zero attached hydrogens (tertiary/aromatic N) is 1. The number of rotatable bonds is 5. The van der Waals surface area contributed by atoms with Crippen LogP contribution in [-0.4, -0.2) is 32.3 Å². The Bertz CT molecular complexity index is 513. The number of oxime groups is 1. The number of sulfonamides is 1. The van der Waals surface area contributed by atoms with Crippen molar-refractivity contribution in [2.75, 3.05) is 17.6 Å². The predicted molar refractivity (Wildman–Crippen MR) is 63.8 cm³/mol. The Morgan fingerprint density at radius 1 is 1.59 bits per heavy atom. The van der Waals surface area contributed by atoms with Gasteiger partial charge in [0.15, 0.2) is 5.84 Å². The van der Waals surface area contributed by atoms with Crippen LogP contribution >= 0.6 is 0 Å². The van der Waals surface area contributed by atoms with E-state index in [1.807, 2.05) is 0 Å². The molecule has 0 radical (unpaired) electrons. The number of benzene rings is 1. The Balaban J connectivity index is 2.73. The second kappa shape index (κ2) is 5.39. The lowest BCUT2D eigenvalue weighted by Crippen LogP contribution is -2.20. The van der Waals surface area contributed by atoms with Crippen LogP contribution in [0.5, 0.6) is 5.75 Å². The highest BCUT2D eigenvalue weighted by Gasteiger charge is 2.03. The van der Waals surface area contributed by atoms with Crippen molar-refractivity contribution in [3.05, 3.63) is 24.3 Å². The minimum atomic E-state index is -3.32. The van der Waals surface area contributed by atoms with Crippen LogP contribution in [0.4, 0.5) is 5.69 Å². The van der Waals surface area contributed by atoms with E-state index in [1.165, 1.54) is 6.07 Å². The van der Waals surface area contributed by atoms with Crippen LogP contribution in [-0.2, 0) is 10.0 Å². The minimum Gasteiger partial charge on any atom is -0.485 e. The molecule has 0 amide bonds. The monoisotopic (exact) mass is 259 g/mol. The van der Waals surface area contributed by atoms with Crippen LogP contribution in [0.25, 0.3) is 0 Å². The van der Waals surface area contributed by atoms with E-state index in [4.69, 9.17) is 15.7 Å². The Morgan fingerprint density at radius 2 is 2.29 bits per heavy atom. The van der Waals surface area contributed by atoms with Crippen LogP contribution < -0.4 is 15.2 Å². The van der Waals surface area contributed by atoms with Crippen molar-refractivity contribution in [3.63, 3.8) is 0 Å². The van der Waals surface area contributed by atoms with Gasteiger partial charge in [0.05, 0.1) is 11.9 Å². The molecule has 0 heterocycles. The van der Waals surface area contributed by atoms with E-state index in [0.29, 0.717) is 11.4 Å². The van der Waals surface area contributed by atoms with Gasteiger partial charge in [0.25, 0.3) is 0 Å². The molecule has 0 aliphatic heterocycles. The summed E-state index contributed by atoms with van der Waals surface area (Å²) < 4.78 is 29.5. The van der Waals surface area contributed by atoms with Gasteiger partial charge in [-0.3, -0.25) is 4.72 Å². The van der Waals surface area contributed by atoms with Crippen LogP contribution in [0.2, 0.25) is 0 Å². The second-order valence-corrected chi connectivity index (χ2v) is 5.03. The zero-order valence-electron chi connectivity index (χ0n) is 9.12. The van der Waals surface area contributed by atoms with E-state index in [-0.39, 0.29) is 12.4 Å². The molecule has 4 N–H and O–H groups in total. The molecule has 0 aromatic heterocycles. The van der Waals surface area contributed by atoms with Crippen molar-refractivity contribution in [2.45, 2.75) is 0 Å². The number of hydrogen-bond acceptors (Lipinski definition) is 5. The predicted octanol–water partition coefficient (Wildman–Crippen LogP) is 0.183. The molecule has 1 aromatic carbocycles. The van der Waals surface area contributed by atoms with E-state index in [0.717, 1.165) is 6.26 Å². The summed E-state index contributed by atoms with van der Waals surface area (Å²) in [5.74, 6) is 0.330. The summed E-state index contributed by atoms with van der Waals surface area (Å²) >= 11 is 0. The van der Waals surface area contributed by atoms with Gasteiger partial charge in [-0.25, -0.2) is 8.42 Å². The molecule has 94 valence electrons. The second-order valence-electron chi connectivity index (χ2n) is 3.28. The lowest BCUT2D eigenvalue weighted by molar-refractivity contribution is 0.306. The molecule has 0 aliphatic rings. The van der Waals surface area contributed by atoms with Gasteiger partial charge in [-0.2, -0.15) is 0 Å². The molecule has 17 heavy (non-hydrogen) atoms. The summed E-state index contributed by atoms with van der Waals surface area (Å²) in [4.78, 5) is 0. The van der Waals surface area contributed by atoms with Gasteiger partial charge in [-0.05, 0) is 12.1 Å². The van der Waals surface area contributed by atoms with Gasteiger partial charge in [-0.15, -0.1) is 0 Å². The minimum absolute atomic E-state index is 0.0773. The molecular formula is C9H13N3O4S. The molecule has 7 nitrogen and oxygen atoms in total. The van der Waals surface area contributed by atoms with E-state index < -0.39 is 10.0 Å². The first-order valence-electron chi connectivity index (χ1n) is 4.58. The maximum Gasteiger partial charge on any atom is 0.229 e. The smallest absolute Gasteiger partial charge is 0.229 e. The number of hydrogen-bond donors (Lipinski definition) is 3. The third-order valence-corrected chi connectivity index (χ3v) is 2.26. The summed E-state index contributed by atoms with van der Waals surface area (Å²) in [6.45, 7) is -0.0845. The van der Waals surface area contributed by atoms with Crippen LogP contribution in [0.1, 0.15) is 0 Å². The average Bonchev–Trinajstić information content (AvgIpc) is 2.24. The summed E-state index contributed by atoms with van der Waals surface area (Å²) in [6, 6.07) is 6.32. The van der Waals surface area contributed by atoms with Crippen molar-refractivity contribution in [2.24, 2.45) is 10.9 Å². The van der Waals surface area contributed by atoms with Gasteiger partial charge >= 0.3 is 0 Å². The molecule has 0 spiro atoms. The van der Waals surface area contributed by atoms with Crippen molar-refractivity contribution in [3.8, 4) is 5.75 Å². The molecule has 8 heteroatoms. The Hall–Kier alpha value is -1.96. The van der Waals surface area contributed by atoms with Gasteiger partial charge in [-0.1, -0.05) is 11.2 Å². The van der Waals surface area contributed by atoms with Crippen LogP contribution in [0.3, 0.4) is 0 Å². The number of amidine groups is 1. The summed E-state index contributed by atoms with van der Waals surface area (Å²) in [5, 5.41) is 11.1. The standard InChI is InChI=1S/C9H13N3O4S/c1-17(14,15)12-7-3-2-4-8(5-7)16-6-9(10)11-13/h2-5,12-13H,6H2,1H3,(H2,10,11). The molecule has 0 saturated carbocycles. The first-order chi connectivity index (χ1) is 7.90. The molecule has 1 rings (SSSR count). The van der Waals surface area contributed by atoms with Crippen LogP contribution in [0, 0.1) is 0 Å². The quantitative estimate of drug-likeness (QED) is 0.302. The van der Waals surface area contributed by atoms with Gasteiger partial charge in [0.1, 0.15) is 12.4 Å². The van der Waals surface area contributed by atoms with E-state index >= 15 is 0 Å². The Labute approximate surface area is 98.9 Å². The number of ether oxygens (including phenoxy) is 1. The normalized spacial score (nSPS) is 12.2. The molecular weight excluding hydrogens is 246 g/mol. The van der Waals surface area contributed by atoms with Crippen molar-refractivity contribution in [1.29, 1.82) is 0 Å². The third kappa shape index (κ3) is 5.07. The lowest BCUT2D eigenvalue weighted by atomic mass is 10.3. The molecule has 0 saturated heterocycles.